The van der Waals surface area contributed by atoms with E-state index in [1.54, 1.807) is 0 Å². The molecule has 1 rings (SSSR count). The molecule has 0 amide bonds. The topological polar surface area (TPSA) is 39.1 Å². The number of hydrogen-bond donors (Lipinski definition) is 1. The van der Waals surface area contributed by atoms with Crippen molar-refractivity contribution in [1.82, 2.24) is 14.9 Å². The van der Waals surface area contributed by atoms with Gasteiger partial charge in [-0.2, -0.15) is 0 Å². The van der Waals surface area contributed by atoms with Crippen molar-refractivity contribution in [2.24, 2.45) is 5.92 Å². The zero-order valence-electron chi connectivity index (χ0n) is 11.3. The Morgan fingerprint density at radius 2 is 2.24 bits per heavy atom. The average Bonchev–Trinajstić information content (AvgIpc) is 2.74. The van der Waals surface area contributed by atoms with E-state index < -0.39 is 0 Å². The normalized spacial score (nSPS) is 11.3. The van der Waals surface area contributed by atoms with Crippen molar-refractivity contribution in [2.45, 2.75) is 40.3 Å². The van der Waals surface area contributed by atoms with Gasteiger partial charge in [-0.15, -0.1) is 0 Å². The molecule has 17 heavy (non-hydrogen) atoms. The Balaban J connectivity index is 2.01. The summed E-state index contributed by atoms with van der Waals surface area (Å²) in [5.74, 6) is 1.81. The summed E-state index contributed by atoms with van der Waals surface area (Å²) >= 11 is 0. The van der Waals surface area contributed by atoms with Crippen molar-refractivity contribution < 1.29 is 4.74 Å². The Morgan fingerprint density at radius 3 is 2.94 bits per heavy atom. The Labute approximate surface area is 104 Å². The van der Waals surface area contributed by atoms with E-state index in [0.29, 0.717) is 0 Å². The van der Waals surface area contributed by atoms with Crippen LogP contribution in [0, 0.1) is 5.92 Å². The molecule has 0 aliphatic rings. The predicted molar refractivity (Wildman–Crippen MR) is 69.9 cm³/mol. The number of imidazole rings is 1. The van der Waals surface area contributed by atoms with Gasteiger partial charge in [0.05, 0.1) is 13.2 Å². The lowest BCUT2D eigenvalue weighted by molar-refractivity contribution is 0.125. The standard InChI is InChI=1S/C13H25N3O/c1-4-16-8-6-15-13(16)11-14-7-10-17-9-5-12(2)3/h6,8,12,14H,4-5,7,9-11H2,1-3H3. The van der Waals surface area contributed by atoms with Gasteiger partial charge in [0.2, 0.25) is 0 Å². The molecule has 0 radical (unpaired) electrons. The zero-order valence-corrected chi connectivity index (χ0v) is 11.3. The van der Waals surface area contributed by atoms with Crippen LogP contribution in [0.2, 0.25) is 0 Å². The molecule has 0 unspecified atom stereocenters. The van der Waals surface area contributed by atoms with E-state index in [0.717, 1.165) is 51.0 Å². The molecule has 0 bridgehead atoms. The van der Waals surface area contributed by atoms with Crippen molar-refractivity contribution in [3.63, 3.8) is 0 Å². The minimum Gasteiger partial charge on any atom is -0.380 e. The molecule has 1 heterocycles. The summed E-state index contributed by atoms with van der Waals surface area (Å²) in [6.45, 7) is 10.9. The third-order valence-corrected chi connectivity index (χ3v) is 2.69. The maximum atomic E-state index is 5.53. The van der Waals surface area contributed by atoms with Crippen molar-refractivity contribution in [3.8, 4) is 0 Å². The first-order chi connectivity index (χ1) is 8.24. The number of ether oxygens (including phenoxy) is 1. The minimum absolute atomic E-state index is 0.722. The van der Waals surface area contributed by atoms with Crippen molar-refractivity contribution >= 4 is 0 Å². The van der Waals surface area contributed by atoms with Crippen molar-refractivity contribution in [2.75, 3.05) is 19.8 Å². The molecule has 0 aliphatic heterocycles. The molecule has 4 heteroatoms. The largest absolute Gasteiger partial charge is 0.380 e. The molecular formula is C13H25N3O. The second-order valence-corrected chi connectivity index (χ2v) is 4.60. The molecule has 1 aromatic rings. The summed E-state index contributed by atoms with van der Waals surface area (Å²) in [5, 5.41) is 3.34. The lowest BCUT2D eigenvalue weighted by Gasteiger charge is -2.08. The Kier molecular flexibility index (Phi) is 6.89. The van der Waals surface area contributed by atoms with Crippen LogP contribution in [0.1, 0.15) is 33.0 Å². The quantitative estimate of drug-likeness (QED) is 0.670. The van der Waals surface area contributed by atoms with Crippen LogP contribution in [-0.2, 0) is 17.8 Å². The fourth-order valence-electron chi connectivity index (χ4n) is 1.56. The van der Waals surface area contributed by atoms with Crippen molar-refractivity contribution in [3.05, 3.63) is 18.2 Å². The maximum Gasteiger partial charge on any atom is 0.122 e. The third-order valence-electron chi connectivity index (χ3n) is 2.69. The van der Waals surface area contributed by atoms with Gasteiger partial charge in [-0.05, 0) is 19.3 Å². The third kappa shape index (κ3) is 5.84. The Hall–Kier alpha value is -0.870. The van der Waals surface area contributed by atoms with Gasteiger partial charge < -0.3 is 14.6 Å². The van der Waals surface area contributed by atoms with E-state index in [1.165, 1.54) is 0 Å². The predicted octanol–water partition coefficient (Wildman–Crippen LogP) is 2.06. The molecular weight excluding hydrogens is 214 g/mol. The molecule has 4 nitrogen and oxygen atoms in total. The number of aryl methyl sites for hydroxylation is 1. The first-order valence-corrected chi connectivity index (χ1v) is 6.52. The maximum absolute atomic E-state index is 5.53. The van der Waals surface area contributed by atoms with Crippen LogP contribution >= 0.6 is 0 Å². The second kappa shape index (κ2) is 8.25. The van der Waals surface area contributed by atoms with E-state index in [-0.39, 0.29) is 0 Å². The molecule has 0 fully saturated rings. The van der Waals surface area contributed by atoms with Gasteiger partial charge in [0.15, 0.2) is 0 Å². The smallest absolute Gasteiger partial charge is 0.122 e. The molecule has 0 aliphatic carbocycles. The highest BCUT2D eigenvalue weighted by Crippen LogP contribution is 1.98. The van der Waals surface area contributed by atoms with Gasteiger partial charge in [-0.1, -0.05) is 13.8 Å². The monoisotopic (exact) mass is 239 g/mol. The molecule has 0 spiro atoms. The van der Waals surface area contributed by atoms with Gasteiger partial charge in [-0.3, -0.25) is 0 Å². The summed E-state index contributed by atoms with van der Waals surface area (Å²) in [7, 11) is 0. The van der Waals surface area contributed by atoms with E-state index in [1.807, 2.05) is 12.4 Å². The first-order valence-electron chi connectivity index (χ1n) is 6.52. The number of nitrogens with one attached hydrogen (secondary N) is 1. The summed E-state index contributed by atoms with van der Waals surface area (Å²) in [6.07, 6.45) is 5.00. The SMILES string of the molecule is CCn1ccnc1CNCCOCCC(C)C. The van der Waals surface area contributed by atoms with E-state index >= 15 is 0 Å². The fourth-order valence-corrected chi connectivity index (χ4v) is 1.56. The molecule has 0 atom stereocenters. The van der Waals surface area contributed by atoms with Crippen LogP contribution in [0.25, 0.3) is 0 Å². The molecule has 0 saturated heterocycles. The summed E-state index contributed by atoms with van der Waals surface area (Å²) in [5.41, 5.74) is 0. The van der Waals surface area contributed by atoms with Gasteiger partial charge in [0.25, 0.3) is 0 Å². The highest BCUT2D eigenvalue weighted by Gasteiger charge is 1.99. The van der Waals surface area contributed by atoms with E-state index in [2.05, 4.69) is 35.6 Å². The zero-order chi connectivity index (χ0) is 12.5. The molecule has 0 saturated carbocycles. The molecule has 1 aromatic heterocycles. The summed E-state index contributed by atoms with van der Waals surface area (Å²) in [4.78, 5) is 4.30. The summed E-state index contributed by atoms with van der Waals surface area (Å²) in [6, 6.07) is 0. The average molecular weight is 239 g/mol. The van der Waals surface area contributed by atoms with Gasteiger partial charge in [-0.25, -0.2) is 4.98 Å². The van der Waals surface area contributed by atoms with E-state index in [4.69, 9.17) is 4.74 Å². The van der Waals surface area contributed by atoms with Crippen molar-refractivity contribution in [1.29, 1.82) is 0 Å². The van der Waals surface area contributed by atoms with Gasteiger partial charge >= 0.3 is 0 Å². The highest BCUT2D eigenvalue weighted by molar-refractivity contribution is 4.91. The van der Waals surface area contributed by atoms with Crippen LogP contribution in [-0.4, -0.2) is 29.3 Å². The van der Waals surface area contributed by atoms with Gasteiger partial charge in [0, 0.05) is 32.1 Å². The number of rotatable bonds is 9. The van der Waals surface area contributed by atoms with Gasteiger partial charge in [0.1, 0.15) is 5.82 Å². The summed E-state index contributed by atoms with van der Waals surface area (Å²) < 4.78 is 7.68. The van der Waals surface area contributed by atoms with Crippen LogP contribution in [0.4, 0.5) is 0 Å². The minimum atomic E-state index is 0.722. The number of aromatic nitrogens is 2. The number of hydrogen-bond acceptors (Lipinski definition) is 3. The molecule has 98 valence electrons. The van der Waals surface area contributed by atoms with Crippen LogP contribution in [0.5, 0.6) is 0 Å². The van der Waals surface area contributed by atoms with Crippen LogP contribution < -0.4 is 5.32 Å². The second-order valence-electron chi connectivity index (χ2n) is 4.60. The lowest BCUT2D eigenvalue weighted by Crippen LogP contribution is -2.21. The van der Waals surface area contributed by atoms with E-state index in [9.17, 15) is 0 Å². The highest BCUT2D eigenvalue weighted by atomic mass is 16.5. The first kappa shape index (κ1) is 14.2. The van der Waals surface area contributed by atoms with Crippen LogP contribution in [0.15, 0.2) is 12.4 Å². The Bertz CT molecular complexity index is 297. The van der Waals surface area contributed by atoms with Crippen LogP contribution in [0.3, 0.4) is 0 Å². The molecule has 0 aromatic carbocycles. The fraction of sp³-hybridized carbons (Fsp3) is 0.769. The molecule has 1 N–H and O–H groups in total. The lowest BCUT2D eigenvalue weighted by atomic mass is 10.1. The number of nitrogens with zero attached hydrogens (tertiary/aromatic N) is 2. The Morgan fingerprint density at radius 1 is 1.41 bits per heavy atom.